The third-order valence-corrected chi connectivity index (χ3v) is 4.66. The molecule has 0 atom stereocenters. The summed E-state index contributed by atoms with van der Waals surface area (Å²) in [4.78, 5) is 0. The zero-order chi connectivity index (χ0) is 13.8. The van der Waals surface area contributed by atoms with Crippen molar-refractivity contribution in [2.45, 2.75) is 6.42 Å². The van der Waals surface area contributed by atoms with Crippen molar-refractivity contribution in [2.75, 3.05) is 0 Å². The van der Waals surface area contributed by atoms with Gasteiger partial charge < -0.3 is 0 Å². The number of fused-ring (bicyclic) bond motifs is 7. The molecule has 0 aromatic heterocycles. The highest BCUT2D eigenvalue weighted by molar-refractivity contribution is 6.10. The van der Waals surface area contributed by atoms with E-state index in [1.807, 2.05) is 0 Å². The molecule has 0 amide bonds. The Bertz CT molecular complexity index is 1090. The third-order valence-electron chi connectivity index (χ3n) is 4.66. The molecule has 0 unspecified atom stereocenters. The van der Waals surface area contributed by atoms with E-state index in [0.717, 1.165) is 6.42 Å². The second kappa shape index (κ2) is 3.95. The summed E-state index contributed by atoms with van der Waals surface area (Å²) in [5, 5.41) is 8.32. The molecule has 98 valence electrons. The first-order chi connectivity index (χ1) is 10.4. The summed E-state index contributed by atoms with van der Waals surface area (Å²) in [5.74, 6) is 0. The normalized spacial score (nSPS) is 15.8. The van der Waals surface area contributed by atoms with Crippen LogP contribution in [-0.2, 0) is 0 Å². The minimum Gasteiger partial charge on any atom is -0.0801 e. The SMILES string of the molecule is C1=CCC2=c3c(c4ccccc4c4ccccc34)=CC2=C1. The lowest BCUT2D eigenvalue weighted by atomic mass is 9.95. The maximum absolute atomic E-state index is 2.36. The van der Waals surface area contributed by atoms with E-state index >= 15 is 0 Å². The van der Waals surface area contributed by atoms with Crippen LogP contribution in [-0.4, -0.2) is 0 Å². The summed E-state index contributed by atoms with van der Waals surface area (Å²) >= 11 is 0. The van der Waals surface area contributed by atoms with Crippen molar-refractivity contribution in [3.63, 3.8) is 0 Å². The Balaban J connectivity index is 2.19. The van der Waals surface area contributed by atoms with E-state index in [0.29, 0.717) is 0 Å². The van der Waals surface area contributed by atoms with Crippen LogP contribution in [0.4, 0.5) is 0 Å². The molecule has 2 aliphatic carbocycles. The van der Waals surface area contributed by atoms with Gasteiger partial charge in [-0.1, -0.05) is 66.8 Å². The Morgan fingerprint density at radius 2 is 1.38 bits per heavy atom. The summed E-state index contributed by atoms with van der Waals surface area (Å²) in [6.45, 7) is 0. The van der Waals surface area contributed by atoms with E-state index < -0.39 is 0 Å². The number of hydrogen-bond donors (Lipinski definition) is 0. The monoisotopic (exact) mass is 266 g/mol. The molecule has 0 saturated carbocycles. The summed E-state index contributed by atoms with van der Waals surface area (Å²) in [7, 11) is 0. The third kappa shape index (κ3) is 1.39. The van der Waals surface area contributed by atoms with Gasteiger partial charge in [-0.05, 0) is 55.6 Å². The van der Waals surface area contributed by atoms with Gasteiger partial charge in [-0.3, -0.25) is 0 Å². The zero-order valence-electron chi connectivity index (χ0n) is 11.6. The number of hydrogen-bond acceptors (Lipinski definition) is 0. The van der Waals surface area contributed by atoms with Crippen LogP contribution in [0.2, 0.25) is 0 Å². The van der Waals surface area contributed by atoms with Crippen molar-refractivity contribution in [3.05, 3.63) is 82.8 Å². The molecular weight excluding hydrogens is 252 g/mol. The van der Waals surface area contributed by atoms with E-state index in [1.54, 1.807) is 0 Å². The standard InChI is InChI=1S/C21H14/c1-2-8-15-14(7-1)13-20-18-11-4-3-9-16(18)17-10-5-6-12-19(17)21(15)20/h1-7,9-13H,8H2. The molecule has 21 heavy (non-hydrogen) atoms. The molecule has 3 aromatic rings. The van der Waals surface area contributed by atoms with Crippen LogP contribution >= 0.6 is 0 Å². The lowest BCUT2D eigenvalue weighted by Crippen LogP contribution is -2.25. The first-order valence-corrected chi connectivity index (χ1v) is 7.45. The van der Waals surface area contributed by atoms with Crippen LogP contribution in [0.25, 0.3) is 33.2 Å². The van der Waals surface area contributed by atoms with E-state index in [-0.39, 0.29) is 0 Å². The van der Waals surface area contributed by atoms with Gasteiger partial charge in [0, 0.05) is 0 Å². The van der Waals surface area contributed by atoms with Gasteiger partial charge in [0.2, 0.25) is 0 Å². The quantitative estimate of drug-likeness (QED) is 0.543. The van der Waals surface area contributed by atoms with Crippen molar-refractivity contribution in [1.82, 2.24) is 0 Å². The molecule has 0 nitrogen and oxygen atoms in total. The van der Waals surface area contributed by atoms with Crippen molar-refractivity contribution in [1.29, 1.82) is 0 Å². The molecule has 0 aliphatic heterocycles. The highest BCUT2D eigenvalue weighted by atomic mass is 14.2. The second-order valence-electron chi connectivity index (χ2n) is 5.76. The molecule has 0 radical (unpaired) electrons. The Labute approximate surface area is 123 Å². The fourth-order valence-electron chi connectivity index (χ4n) is 3.76. The van der Waals surface area contributed by atoms with Crippen LogP contribution in [0.15, 0.2) is 72.3 Å². The maximum Gasteiger partial charge on any atom is -0.00575 e. The minimum atomic E-state index is 1.04. The fraction of sp³-hybridized carbons (Fsp3) is 0.0476. The minimum absolute atomic E-state index is 1.04. The average Bonchev–Trinajstić information content (AvgIpc) is 2.95. The lowest BCUT2D eigenvalue weighted by molar-refractivity contribution is 1.37. The smallest absolute Gasteiger partial charge is 0.00575 e. The van der Waals surface area contributed by atoms with Crippen LogP contribution < -0.4 is 10.4 Å². The van der Waals surface area contributed by atoms with E-state index in [4.69, 9.17) is 0 Å². The first kappa shape index (κ1) is 11.1. The van der Waals surface area contributed by atoms with Crippen molar-refractivity contribution in [2.24, 2.45) is 0 Å². The van der Waals surface area contributed by atoms with E-state index in [2.05, 4.69) is 72.8 Å². The van der Waals surface area contributed by atoms with Crippen molar-refractivity contribution >= 4 is 33.2 Å². The molecule has 0 N–H and O–H groups in total. The van der Waals surface area contributed by atoms with Gasteiger partial charge in [0.05, 0.1) is 0 Å². The Hall–Kier alpha value is -2.60. The average molecular weight is 266 g/mol. The topological polar surface area (TPSA) is 0 Å². The van der Waals surface area contributed by atoms with Gasteiger partial charge in [-0.25, -0.2) is 0 Å². The van der Waals surface area contributed by atoms with Gasteiger partial charge in [-0.15, -0.1) is 0 Å². The molecule has 0 heteroatoms. The molecule has 0 heterocycles. The number of allylic oxidation sites excluding steroid dienone is 4. The Morgan fingerprint density at radius 1 is 0.714 bits per heavy atom. The zero-order valence-corrected chi connectivity index (χ0v) is 11.6. The first-order valence-electron chi connectivity index (χ1n) is 7.45. The van der Waals surface area contributed by atoms with Crippen LogP contribution in [0.3, 0.4) is 0 Å². The van der Waals surface area contributed by atoms with Gasteiger partial charge >= 0.3 is 0 Å². The molecule has 0 spiro atoms. The van der Waals surface area contributed by atoms with Crippen LogP contribution in [0.1, 0.15) is 6.42 Å². The molecule has 0 saturated heterocycles. The van der Waals surface area contributed by atoms with Gasteiger partial charge in [0.25, 0.3) is 0 Å². The molecule has 5 rings (SSSR count). The van der Waals surface area contributed by atoms with Crippen molar-refractivity contribution < 1.29 is 0 Å². The predicted octanol–water partition coefficient (Wildman–Crippen LogP) is 3.82. The highest BCUT2D eigenvalue weighted by Crippen LogP contribution is 2.27. The number of rotatable bonds is 0. The van der Waals surface area contributed by atoms with Crippen LogP contribution in [0, 0.1) is 0 Å². The Kier molecular flexibility index (Phi) is 2.09. The number of benzene rings is 3. The van der Waals surface area contributed by atoms with Gasteiger partial charge in [-0.2, -0.15) is 0 Å². The maximum atomic E-state index is 2.36. The Morgan fingerprint density at radius 3 is 2.19 bits per heavy atom. The van der Waals surface area contributed by atoms with Gasteiger partial charge in [0.15, 0.2) is 0 Å². The van der Waals surface area contributed by atoms with E-state index in [1.165, 1.54) is 43.1 Å². The molecule has 2 aliphatic rings. The highest BCUT2D eigenvalue weighted by Gasteiger charge is 2.16. The molecule has 0 bridgehead atoms. The predicted molar refractivity (Wildman–Crippen MR) is 90.4 cm³/mol. The van der Waals surface area contributed by atoms with E-state index in [9.17, 15) is 0 Å². The van der Waals surface area contributed by atoms with Gasteiger partial charge in [0.1, 0.15) is 0 Å². The van der Waals surface area contributed by atoms with Crippen molar-refractivity contribution in [3.8, 4) is 0 Å². The molecule has 3 aromatic carbocycles. The molecule has 0 fully saturated rings. The van der Waals surface area contributed by atoms with Crippen LogP contribution in [0.5, 0.6) is 0 Å². The summed E-state index contributed by atoms with van der Waals surface area (Å²) in [5.41, 5.74) is 2.86. The lowest BCUT2D eigenvalue weighted by Gasteiger charge is -2.08. The summed E-state index contributed by atoms with van der Waals surface area (Å²) in [6.07, 6.45) is 10.1. The summed E-state index contributed by atoms with van der Waals surface area (Å²) in [6, 6.07) is 17.6. The second-order valence-corrected chi connectivity index (χ2v) is 5.76. The molecular formula is C21H14. The largest absolute Gasteiger partial charge is 0.0801 e. The summed E-state index contributed by atoms with van der Waals surface area (Å²) < 4.78 is 0. The fourth-order valence-corrected chi connectivity index (χ4v) is 3.76.